The average Bonchev–Trinajstić information content (AvgIpc) is 2.94. The number of benzene rings is 1. The maximum atomic E-state index is 12.0. The van der Waals surface area contributed by atoms with Gasteiger partial charge in [0.05, 0.1) is 12.3 Å². The van der Waals surface area contributed by atoms with E-state index in [2.05, 4.69) is 21.2 Å². The van der Waals surface area contributed by atoms with Gasteiger partial charge < -0.3 is 14.5 Å². The Morgan fingerprint density at radius 3 is 2.68 bits per heavy atom. The van der Waals surface area contributed by atoms with E-state index < -0.39 is 0 Å². The summed E-state index contributed by atoms with van der Waals surface area (Å²) in [6.45, 7) is 1.87. The molecule has 1 aromatic heterocycles. The van der Waals surface area contributed by atoms with E-state index in [1.54, 1.807) is 36.6 Å². The molecule has 1 unspecified atom stereocenters. The van der Waals surface area contributed by atoms with Crippen LogP contribution in [-0.4, -0.2) is 11.4 Å². The van der Waals surface area contributed by atoms with Crippen LogP contribution in [0.25, 0.3) is 0 Å². The van der Waals surface area contributed by atoms with Gasteiger partial charge in [-0.25, -0.2) is 0 Å². The lowest BCUT2D eigenvalue weighted by Crippen LogP contribution is -2.26. The third-order valence-corrected chi connectivity index (χ3v) is 2.88. The van der Waals surface area contributed by atoms with Gasteiger partial charge in [0.2, 0.25) is 0 Å². The Bertz CT molecular complexity index is 522. The number of furan rings is 1. The lowest BCUT2D eigenvalue weighted by molar-refractivity contribution is 0.0935. The number of hydrogen-bond acceptors (Lipinski definition) is 3. The summed E-state index contributed by atoms with van der Waals surface area (Å²) >= 11 is 3.18. The van der Waals surface area contributed by atoms with Gasteiger partial charge in [-0.1, -0.05) is 0 Å². The third-order valence-electron chi connectivity index (χ3n) is 2.66. The predicted octanol–water partition coefficient (Wildman–Crippen LogP) is 3.50. The van der Waals surface area contributed by atoms with E-state index in [1.165, 1.54) is 0 Å². The summed E-state index contributed by atoms with van der Waals surface area (Å²) < 4.78 is 10.5. The number of carbonyl (C=O) groups is 1. The highest BCUT2D eigenvalue weighted by atomic mass is 79.9. The second-order valence-corrected chi connectivity index (χ2v) is 4.45. The summed E-state index contributed by atoms with van der Waals surface area (Å²) in [5, 5.41) is 2.87. The lowest BCUT2D eigenvalue weighted by atomic mass is 10.2. The van der Waals surface area contributed by atoms with E-state index >= 15 is 0 Å². The molecule has 0 bridgehead atoms. The maximum absolute atomic E-state index is 12.0. The molecule has 19 heavy (non-hydrogen) atoms. The van der Waals surface area contributed by atoms with Crippen molar-refractivity contribution in [3.05, 3.63) is 54.0 Å². The van der Waals surface area contributed by atoms with Crippen molar-refractivity contribution in [2.24, 2.45) is 0 Å². The molecule has 2 aromatic rings. The summed E-state index contributed by atoms with van der Waals surface area (Å²) in [5.41, 5.74) is 1.01. The quantitative estimate of drug-likeness (QED) is 0.857. The summed E-state index contributed by atoms with van der Waals surface area (Å²) in [6.07, 6.45) is 1.59. The molecule has 0 aliphatic carbocycles. The van der Waals surface area contributed by atoms with Crippen LogP contribution in [0.2, 0.25) is 0 Å². The topological polar surface area (TPSA) is 51.5 Å². The molecule has 0 fully saturated rings. The fourth-order valence-corrected chi connectivity index (χ4v) is 1.92. The highest BCUT2D eigenvalue weighted by Crippen LogP contribution is 2.15. The van der Waals surface area contributed by atoms with Crippen LogP contribution >= 0.6 is 15.9 Å². The van der Waals surface area contributed by atoms with E-state index in [-0.39, 0.29) is 11.9 Å². The molecule has 1 amide bonds. The van der Waals surface area contributed by atoms with Crippen LogP contribution < -0.4 is 10.1 Å². The van der Waals surface area contributed by atoms with Crippen LogP contribution in [-0.2, 0) is 0 Å². The highest BCUT2D eigenvalue weighted by Gasteiger charge is 2.13. The van der Waals surface area contributed by atoms with Crippen molar-refractivity contribution >= 4 is 21.8 Å². The number of rotatable bonds is 5. The number of ether oxygens (including phenoxy) is 1. The molecule has 0 saturated carbocycles. The Morgan fingerprint density at radius 2 is 2.11 bits per heavy atom. The van der Waals surface area contributed by atoms with Crippen molar-refractivity contribution in [2.45, 2.75) is 13.0 Å². The predicted molar refractivity (Wildman–Crippen MR) is 75.5 cm³/mol. The lowest BCUT2D eigenvalue weighted by Gasteiger charge is -2.11. The first-order valence-electron chi connectivity index (χ1n) is 5.84. The average molecular weight is 324 g/mol. The van der Waals surface area contributed by atoms with Crippen molar-refractivity contribution in [3.8, 4) is 5.75 Å². The van der Waals surface area contributed by atoms with Gasteiger partial charge in [0.1, 0.15) is 17.0 Å². The molecule has 0 aliphatic rings. The minimum absolute atomic E-state index is 0.144. The molecule has 1 heterocycles. The van der Waals surface area contributed by atoms with Gasteiger partial charge in [-0.2, -0.15) is 0 Å². The first kappa shape index (κ1) is 13.7. The zero-order valence-corrected chi connectivity index (χ0v) is 12.0. The summed E-state index contributed by atoms with van der Waals surface area (Å²) in [5.74, 6) is 1.30. The van der Waals surface area contributed by atoms with Crippen molar-refractivity contribution in [3.63, 3.8) is 0 Å². The summed E-state index contributed by atoms with van der Waals surface area (Å²) in [7, 11) is 0. The van der Waals surface area contributed by atoms with Gasteiger partial charge in [0.15, 0.2) is 0 Å². The van der Waals surface area contributed by atoms with Crippen LogP contribution in [0.1, 0.15) is 29.1 Å². The molecule has 4 nitrogen and oxygen atoms in total. The first-order chi connectivity index (χ1) is 9.20. The highest BCUT2D eigenvalue weighted by molar-refractivity contribution is 9.09. The number of alkyl halides is 1. The largest absolute Gasteiger partial charge is 0.482 e. The third kappa shape index (κ3) is 3.61. The number of halogens is 1. The van der Waals surface area contributed by atoms with Crippen molar-refractivity contribution < 1.29 is 13.9 Å². The molecule has 1 N–H and O–H groups in total. The fraction of sp³-hybridized carbons (Fsp3) is 0.214. The van der Waals surface area contributed by atoms with E-state index in [0.717, 1.165) is 5.76 Å². The molecule has 0 spiro atoms. The molecule has 5 heteroatoms. The smallest absolute Gasteiger partial charge is 0.251 e. The van der Waals surface area contributed by atoms with Crippen LogP contribution in [0, 0.1) is 0 Å². The van der Waals surface area contributed by atoms with E-state index in [9.17, 15) is 4.79 Å². The SMILES string of the molecule is CC(NC(=O)c1ccc(OCBr)cc1)c1ccco1. The minimum atomic E-state index is -0.166. The van der Waals surface area contributed by atoms with E-state index in [1.807, 2.05) is 13.0 Å². The number of carbonyl (C=O) groups excluding carboxylic acids is 1. The second kappa shape index (κ2) is 6.43. The molecule has 0 radical (unpaired) electrons. The van der Waals surface area contributed by atoms with Crippen LogP contribution in [0.3, 0.4) is 0 Å². The van der Waals surface area contributed by atoms with Crippen LogP contribution in [0.5, 0.6) is 5.75 Å². The van der Waals surface area contributed by atoms with E-state index in [4.69, 9.17) is 9.15 Å². The molecule has 1 aromatic carbocycles. The normalized spacial score (nSPS) is 11.9. The van der Waals surface area contributed by atoms with Gasteiger partial charge in [-0.05, 0) is 59.3 Å². The molecular formula is C14H14BrNO3. The minimum Gasteiger partial charge on any atom is -0.482 e. The van der Waals surface area contributed by atoms with Crippen molar-refractivity contribution in [2.75, 3.05) is 5.52 Å². The number of hydrogen-bond donors (Lipinski definition) is 1. The zero-order valence-electron chi connectivity index (χ0n) is 10.4. The standard InChI is InChI=1S/C14H14BrNO3/c1-10(13-3-2-8-18-13)16-14(17)11-4-6-12(7-5-11)19-9-15/h2-8,10H,9H2,1H3,(H,16,17). The maximum Gasteiger partial charge on any atom is 0.251 e. The van der Waals surface area contributed by atoms with Gasteiger partial charge >= 0.3 is 0 Å². The van der Waals surface area contributed by atoms with Gasteiger partial charge in [-0.15, -0.1) is 0 Å². The molecular weight excluding hydrogens is 310 g/mol. The fourth-order valence-electron chi connectivity index (χ4n) is 1.65. The Balaban J connectivity index is 1.99. The first-order valence-corrected chi connectivity index (χ1v) is 6.96. The molecule has 0 aliphatic heterocycles. The second-order valence-electron chi connectivity index (χ2n) is 3.99. The van der Waals surface area contributed by atoms with E-state index in [0.29, 0.717) is 16.8 Å². The molecule has 100 valence electrons. The van der Waals surface area contributed by atoms with Gasteiger partial charge in [-0.3, -0.25) is 4.79 Å². The number of amides is 1. The Hall–Kier alpha value is -1.75. The Morgan fingerprint density at radius 1 is 1.37 bits per heavy atom. The van der Waals surface area contributed by atoms with Gasteiger partial charge in [0.25, 0.3) is 5.91 Å². The van der Waals surface area contributed by atoms with Crippen molar-refractivity contribution in [1.82, 2.24) is 5.32 Å². The summed E-state index contributed by atoms with van der Waals surface area (Å²) in [4.78, 5) is 12.0. The monoisotopic (exact) mass is 323 g/mol. The number of nitrogens with one attached hydrogen (secondary N) is 1. The molecule has 2 rings (SSSR count). The Labute approximate surface area is 119 Å². The summed E-state index contributed by atoms with van der Waals surface area (Å²) in [6, 6.07) is 10.4. The van der Waals surface area contributed by atoms with Gasteiger partial charge in [0, 0.05) is 5.56 Å². The zero-order chi connectivity index (χ0) is 13.7. The molecule has 0 saturated heterocycles. The Kier molecular flexibility index (Phi) is 4.63. The molecule has 1 atom stereocenters. The van der Waals surface area contributed by atoms with Crippen molar-refractivity contribution in [1.29, 1.82) is 0 Å². The van der Waals surface area contributed by atoms with Crippen LogP contribution in [0.15, 0.2) is 47.1 Å². The van der Waals surface area contributed by atoms with Crippen LogP contribution in [0.4, 0.5) is 0 Å².